The highest BCUT2D eigenvalue weighted by Crippen LogP contribution is 2.42. The number of thioether (sulfide) groups is 1. The van der Waals surface area contributed by atoms with E-state index in [9.17, 15) is 22.8 Å². The molecule has 2 saturated heterocycles. The number of rotatable bonds is 4. The third-order valence-electron chi connectivity index (χ3n) is 6.28. The van der Waals surface area contributed by atoms with Gasteiger partial charge in [-0.2, -0.15) is 18.3 Å². The molecule has 3 aromatic rings. The third-order valence-corrected chi connectivity index (χ3v) is 7.51. The molecule has 0 atom stereocenters. The Morgan fingerprint density at radius 2 is 1.91 bits per heavy atom. The largest absolute Gasteiger partial charge is 0.416 e. The van der Waals surface area contributed by atoms with Gasteiger partial charge in [0.15, 0.2) is 0 Å². The molecule has 6 nitrogen and oxygen atoms in total. The van der Waals surface area contributed by atoms with Gasteiger partial charge in [-0.3, -0.25) is 19.6 Å². The number of halogens is 4. The summed E-state index contributed by atoms with van der Waals surface area (Å²) in [4.78, 5) is 27.9. The van der Waals surface area contributed by atoms with Crippen LogP contribution in [-0.4, -0.2) is 45.4 Å². The van der Waals surface area contributed by atoms with Gasteiger partial charge in [0.25, 0.3) is 11.1 Å². The van der Waals surface area contributed by atoms with Crippen molar-refractivity contribution in [2.24, 2.45) is 0 Å². The Morgan fingerprint density at radius 3 is 2.66 bits per heavy atom. The van der Waals surface area contributed by atoms with E-state index in [1.807, 2.05) is 0 Å². The van der Waals surface area contributed by atoms with Gasteiger partial charge in [0.2, 0.25) is 0 Å². The number of carbonyl (C=O) groups is 2. The van der Waals surface area contributed by atoms with Crippen LogP contribution in [0.1, 0.15) is 29.5 Å². The molecule has 35 heavy (non-hydrogen) atoms. The second kappa shape index (κ2) is 9.33. The van der Waals surface area contributed by atoms with Gasteiger partial charge in [0.05, 0.1) is 22.2 Å². The van der Waals surface area contributed by atoms with E-state index in [-0.39, 0.29) is 28.0 Å². The average molecular weight is 521 g/mol. The van der Waals surface area contributed by atoms with Gasteiger partial charge >= 0.3 is 6.18 Å². The van der Waals surface area contributed by atoms with Crippen molar-refractivity contribution in [3.63, 3.8) is 0 Å². The van der Waals surface area contributed by atoms with Crippen LogP contribution in [0.3, 0.4) is 0 Å². The molecule has 5 rings (SSSR count). The number of hydrogen-bond donors (Lipinski definition) is 2. The van der Waals surface area contributed by atoms with Crippen LogP contribution in [0.5, 0.6) is 0 Å². The topological polar surface area (TPSA) is 78.1 Å². The van der Waals surface area contributed by atoms with Crippen LogP contribution in [0.25, 0.3) is 16.5 Å². The molecule has 0 unspecified atom stereocenters. The number of allylic oxidation sites excluding steroid dienone is 1. The van der Waals surface area contributed by atoms with Crippen LogP contribution in [0, 0.1) is 0 Å². The number of carbonyl (C=O) groups excluding carboxylic acids is 2. The predicted molar refractivity (Wildman–Crippen MR) is 129 cm³/mol. The van der Waals surface area contributed by atoms with Crippen molar-refractivity contribution in [2.75, 3.05) is 13.1 Å². The van der Waals surface area contributed by atoms with E-state index in [0.717, 1.165) is 28.7 Å². The molecule has 2 aliphatic rings. The maximum atomic E-state index is 13.8. The van der Waals surface area contributed by atoms with E-state index in [0.29, 0.717) is 37.1 Å². The summed E-state index contributed by atoms with van der Waals surface area (Å²) in [5.41, 5.74) is 0.763. The van der Waals surface area contributed by atoms with Crippen LogP contribution in [0.15, 0.2) is 47.5 Å². The standard InChI is InChI=1S/C24H20ClF3N4O2S/c25-16-3-1-14(19(11-16)24(26,27)28)10-18(13-2-4-20-15(9-13)12-30-31-20)21-22(33)32(23(34)35-21)17-5-7-29-8-6-17/h1-4,9,11-12,17,29H,5-8,10H2,(H,30,31)/b21-18-. The molecular formula is C24H20ClF3N4O2S. The number of amides is 2. The van der Waals surface area contributed by atoms with Gasteiger partial charge in [0, 0.05) is 16.5 Å². The molecule has 182 valence electrons. The summed E-state index contributed by atoms with van der Waals surface area (Å²) in [6.07, 6.45) is -1.96. The fraction of sp³-hybridized carbons (Fsp3) is 0.292. The molecule has 0 radical (unpaired) electrons. The summed E-state index contributed by atoms with van der Waals surface area (Å²) in [6.45, 7) is 1.38. The zero-order chi connectivity index (χ0) is 24.7. The number of benzene rings is 2. The minimum Gasteiger partial charge on any atom is -0.317 e. The molecule has 2 N–H and O–H groups in total. The summed E-state index contributed by atoms with van der Waals surface area (Å²) < 4.78 is 41.5. The molecule has 3 heterocycles. The number of aromatic nitrogens is 2. The zero-order valence-electron chi connectivity index (χ0n) is 18.3. The number of piperidine rings is 1. The first kappa shape index (κ1) is 23.9. The Hall–Kier alpha value is -2.82. The van der Waals surface area contributed by atoms with Crippen molar-refractivity contribution in [3.05, 3.63) is 69.2 Å². The highest BCUT2D eigenvalue weighted by molar-refractivity contribution is 8.18. The zero-order valence-corrected chi connectivity index (χ0v) is 19.9. The monoisotopic (exact) mass is 520 g/mol. The highest BCUT2D eigenvalue weighted by atomic mass is 35.5. The molecule has 0 bridgehead atoms. The SMILES string of the molecule is O=C1S/C(=C(/Cc2ccc(Cl)cc2C(F)(F)F)c2ccc3[nH]ncc3c2)C(=O)N1C1CCNCC1. The van der Waals surface area contributed by atoms with Gasteiger partial charge in [-0.05, 0) is 85.1 Å². The molecule has 2 amide bonds. The van der Waals surface area contributed by atoms with Gasteiger partial charge in [0.1, 0.15) is 0 Å². The van der Waals surface area contributed by atoms with Crippen LogP contribution in [0.4, 0.5) is 18.0 Å². The van der Waals surface area contributed by atoms with Crippen molar-refractivity contribution in [1.82, 2.24) is 20.4 Å². The first-order chi connectivity index (χ1) is 16.7. The van der Waals surface area contributed by atoms with Crippen molar-refractivity contribution in [1.29, 1.82) is 0 Å². The Morgan fingerprint density at radius 1 is 1.14 bits per heavy atom. The first-order valence-corrected chi connectivity index (χ1v) is 12.2. The minimum absolute atomic E-state index is 0.0298. The summed E-state index contributed by atoms with van der Waals surface area (Å²) >= 11 is 6.65. The number of nitrogens with zero attached hydrogens (tertiary/aromatic N) is 2. The number of H-pyrrole nitrogens is 1. The lowest BCUT2D eigenvalue weighted by atomic mass is 9.93. The van der Waals surface area contributed by atoms with Crippen LogP contribution in [0.2, 0.25) is 5.02 Å². The van der Waals surface area contributed by atoms with E-state index in [1.54, 1.807) is 24.4 Å². The Balaban J connectivity index is 1.63. The second-order valence-electron chi connectivity index (χ2n) is 8.48. The minimum atomic E-state index is -4.63. The Labute approximate surface area is 207 Å². The maximum absolute atomic E-state index is 13.8. The van der Waals surface area contributed by atoms with Crippen LogP contribution >= 0.6 is 23.4 Å². The molecular weight excluding hydrogens is 501 g/mol. The lowest BCUT2D eigenvalue weighted by Crippen LogP contribution is -2.45. The van der Waals surface area contributed by atoms with Gasteiger partial charge in [-0.1, -0.05) is 23.7 Å². The fourth-order valence-corrected chi connectivity index (χ4v) is 5.72. The number of imide groups is 1. The van der Waals surface area contributed by atoms with E-state index in [1.165, 1.54) is 17.0 Å². The molecule has 0 aliphatic carbocycles. The molecule has 1 aromatic heterocycles. The van der Waals surface area contributed by atoms with E-state index < -0.39 is 22.9 Å². The number of hydrogen-bond acceptors (Lipinski definition) is 5. The molecule has 2 fully saturated rings. The summed E-state index contributed by atoms with van der Waals surface area (Å²) in [5, 5.41) is 10.3. The fourth-order valence-electron chi connectivity index (χ4n) is 4.54. The lowest BCUT2D eigenvalue weighted by Gasteiger charge is -2.29. The van der Waals surface area contributed by atoms with Gasteiger partial charge in [-0.25, -0.2) is 0 Å². The quantitative estimate of drug-likeness (QED) is 0.436. The molecule has 11 heteroatoms. The number of fused-ring (bicyclic) bond motifs is 1. The second-order valence-corrected chi connectivity index (χ2v) is 9.88. The van der Waals surface area contributed by atoms with Crippen LogP contribution < -0.4 is 5.32 Å². The molecule has 0 saturated carbocycles. The van der Waals surface area contributed by atoms with E-state index >= 15 is 0 Å². The van der Waals surface area contributed by atoms with Crippen molar-refractivity contribution in [2.45, 2.75) is 31.5 Å². The van der Waals surface area contributed by atoms with Crippen LogP contribution in [-0.2, 0) is 17.4 Å². The average Bonchev–Trinajstić information content (AvgIpc) is 3.41. The summed E-state index contributed by atoms with van der Waals surface area (Å²) in [6, 6.07) is 8.59. The van der Waals surface area contributed by atoms with Gasteiger partial charge in [-0.15, -0.1) is 0 Å². The molecule has 0 spiro atoms. The summed E-state index contributed by atoms with van der Waals surface area (Å²) in [5.74, 6) is -0.461. The van der Waals surface area contributed by atoms with Crippen molar-refractivity contribution >= 4 is 51.0 Å². The normalized spacial score (nSPS) is 19.1. The highest BCUT2D eigenvalue weighted by Gasteiger charge is 2.42. The van der Waals surface area contributed by atoms with Crippen molar-refractivity contribution < 1.29 is 22.8 Å². The summed E-state index contributed by atoms with van der Waals surface area (Å²) in [7, 11) is 0. The van der Waals surface area contributed by atoms with E-state index in [2.05, 4.69) is 15.5 Å². The first-order valence-electron chi connectivity index (χ1n) is 11.0. The maximum Gasteiger partial charge on any atom is 0.416 e. The third kappa shape index (κ3) is 4.70. The number of nitrogens with one attached hydrogen (secondary N) is 2. The van der Waals surface area contributed by atoms with Gasteiger partial charge < -0.3 is 5.32 Å². The lowest BCUT2D eigenvalue weighted by molar-refractivity contribution is -0.138. The Bertz CT molecular complexity index is 1350. The molecule has 2 aromatic carbocycles. The predicted octanol–water partition coefficient (Wildman–Crippen LogP) is 5.64. The number of aromatic amines is 1. The number of alkyl halides is 3. The molecule has 2 aliphatic heterocycles. The van der Waals surface area contributed by atoms with E-state index in [4.69, 9.17) is 11.6 Å². The Kier molecular flexibility index (Phi) is 6.37. The smallest absolute Gasteiger partial charge is 0.317 e. The van der Waals surface area contributed by atoms with Crippen molar-refractivity contribution in [3.8, 4) is 0 Å².